The number of thiophene rings is 1. The van der Waals surface area contributed by atoms with Gasteiger partial charge in [0.1, 0.15) is 6.33 Å². The van der Waals surface area contributed by atoms with Crippen molar-refractivity contribution in [3.63, 3.8) is 0 Å². The molecule has 2 saturated heterocycles. The molecule has 7 nitrogen and oxygen atoms in total. The predicted octanol–water partition coefficient (Wildman–Crippen LogP) is 4.03. The van der Waals surface area contributed by atoms with Gasteiger partial charge in [-0.3, -0.25) is 9.59 Å². The van der Waals surface area contributed by atoms with Gasteiger partial charge in [0.15, 0.2) is 0 Å². The number of carbonyl (C=O) groups is 2. The maximum absolute atomic E-state index is 13.2. The normalized spacial score (nSPS) is 20.4. The Labute approximate surface area is 216 Å². The summed E-state index contributed by atoms with van der Waals surface area (Å²) in [4.78, 5) is 40.9. The number of aryl methyl sites for hydroxylation is 3. The zero-order chi connectivity index (χ0) is 25.2. The van der Waals surface area contributed by atoms with Gasteiger partial charge < -0.3 is 15.1 Å². The Morgan fingerprint density at radius 3 is 2.25 bits per heavy atom. The number of aromatic nitrogens is 2. The first-order valence-corrected chi connectivity index (χ1v) is 13.4. The number of rotatable bonds is 7. The number of hydrogen-bond donors (Lipinski definition) is 1. The van der Waals surface area contributed by atoms with Crippen LogP contribution in [0, 0.1) is 32.6 Å². The first kappa shape index (κ1) is 24.6. The molecule has 4 heterocycles. The van der Waals surface area contributed by atoms with Crippen LogP contribution in [0.15, 0.2) is 48.8 Å². The van der Waals surface area contributed by atoms with Crippen LogP contribution in [0.5, 0.6) is 0 Å². The monoisotopic (exact) mass is 503 g/mol. The van der Waals surface area contributed by atoms with Gasteiger partial charge in [-0.2, -0.15) is 0 Å². The van der Waals surface area contributed by atoms with E-state index in [-0.39, 0.29) is 17.9 Å². The third-order valence-electron chi connectivity index (χ3n) is 7.49. The van der Waals surface area contributed by atoms with Crippen molar-refractivity contribution in [2.24, 2.45) is 11.8 Å². The summed E-state index contributed by atoms with van der Waals surface area (Å²) in [6.45, 7) is 10.2. The molecule has 2 aliphatic heterocycles. The van der Waals surface area contributed by atoms with Crippen LogP contribution in [-0.4, -0.2) is 64.3 Å². The lowest BCUT2D eigenvalue weighted by molar-refractivity contribution is 0.0771. The first-order valence-electron chi connectivity index (χ1n) is 12.6. The van der Waals surface area contributed by atoms with E-state index in [1.807, 2.05) is 56.0 Å². The van der Waals surface area contributed by atoms with E-state index >= 15 is 0 Å². The van der Waals surface area contributed by atoms with E-state index in [4.69, 9.17) is 0 Å². The summed E-state index contributed by atoms with van der Waals surface area (Å²) in [7, 11) is 0. The Balaban J connectivity index is 1.19. The summed E-state index contributed by atoms with van der Waals surface area (Å²) in [6, 6.07) is 14.1. The number of amides is 2. The fourth-order valence-electron chi connectivity index (χ4n) is 5.60. The van der Waals surface area contributed by atoms with Crippen LogP contribution in [0.4, 0.5) is 0 Å². The van der Waals surface area contributed by atoms with Gasteiger partial charge in [0.2, 0.25) is 0 Å². The molecular weight excluding hydrogens is 470 g/mol. The minimum atomic E-state index is -0.0383. The van der Waals surface area contributed by atoms with Crippen molar-refractivity contribution in [1.29, 1.82) is 0 Å². The summed E-state index contributed by atoms with van der Waals surface area (Å²) < 4.78 is 0. The minimum Gasteiger partial charge on any atom is -0.344 e. The van der Waals surface area contributed by atoms with E-state index in [2.05, 4.69) is 32.3 Å². The van der Waals surface area contributed by atoms with Gasteiger partial charge >= 0.3 is 0 Å². The molecule has 2 unspecified atom stereocenters. The minimum absolute atomic E-state index is 0.00937. The zero-order valence-electron chi connectivity index (χ0n) is 21.1. The van der Waals surface area contributed by atoms with Gasteiger partial charge in [-0.05, 0) is 56.7 Å². The molecule has 0 spiro atoms. The summed E-state index contributed by atoms with van der Waals surface area (Å²) in [5.74, 6) is 1.02. The number of carbonyl (C=O) groups excluding carboxylic acids is 2. The molecule has 2 aromatic heterocycles. The average molecular weight is 504 g/mol. The smallest absolute Gasteiger partial charge is 0.261 e. The lowest BCUT2D eigenvalue weighted by Crippen LogP contribution is -2.35. The molecule has 0 aliphatic carbocycles. The second kappa shape index (κ2) is 10.5. The average Bonchev–Trinajstić information content (AvgIpc) is 3.57. The van der Waals surface area contributed by atoms with Crippen LogP contribution in [0.25, 0.3) is 0 Å². The molecule has 2 aliphatic rings. The molecular formula is C28H33N5O2S. The predicted molar refractivity (Wildman–Crippen MR) is 141 cm³/mol. The van der Waals surface area contributed by atoms with Crippen LogP contribution in [0.3, 0.4) is 0 Å². The lowest BCUT2D eigenvalue weighted by Gasteiger charge is -2.25. The quantitative estimate of drug-likeness (QED) is 0.527. The number of hydrogen-bond acceptors (Lipinski definition) is 6. The Morgan fingerprint density at radius 1 is 0.972 bits per heavy atom. The highest BCUT2D eigenvalue weighted by Gasteiger charge is 2.42. The van der Waals surface area contributed by atoms with Crippen LogP contribution < -0.4 is 5.32 Å². The van der Waals surface area contributed by atoms with E-state index in [1.54, 1.807) is 0 Å². The second-order valence-electron chi connectivity index (χ2n) is 10.0. The zero-order valence-corrected chi connectivity index (χ0v) is 21.9. The molecule has 8 heteroatoms. The molecule has 5 rings (SSSR count). The van der Waals surface area contributed by atoms with E-state index in [0.717, 1.165) is 65.9 Å². The topological polar surface area (TPSA) is 78.4 Å². The number of nitrogens with zero attached hydrogens (tertiary/aromatic N) is 4. The molecule has 3 aromatic rings. The molecule has 188 valence electrons. The van der Waals surface area contributed by atoms with Crippen LogP contribution in [0.2, 0.25) is 0 Å². The van der Waals surface area contributed by atoms with Crippen molar-refractivity contribution < 1.29 is 9.59 Å². The van der Waals surface area contributed by atoms with Gasteiger partial charge in [-0.25, -0.2) is 9.97 Å². The van der Waals surface area contributed by atoms with Crippen LogP contribution >= 0.6 is 11.3 Å². The highest BCUT2D eigenvalue weighted by Crippen LogP contribution is 2.33. The van der Waals surface area contributed by atoms with Gasteiger partial charge in [-0.1, -0.05) is 30.3 Å². The maximum atomic E-state index is 13.2. The van der Waals surface area contributed by atoms with E-state index < -0.39 is 0 Å². The maximum Gasteiger partial charge on any atom is 0.261 e. The van der Waals surface area contributed by atoms with Gasteiger partial charge in [0.25, 0.3) is 11.8 Å². The Bertz CT molecular complexity index is 1210. The molecule has 0 bridgehead atoms. The molecule has 1 N–H and O–H groups in total. The van der Waals surface area contributed by atoms with Crippen molar-refractivity contribution >= 4 is 23.2 Å². The van der Waals surface area contributed by atoms with Crippen LogP contribution in [-0.2, 0) is 0 Å². The lowest BCUT2D eigenvalue weighted by atomic mass is 10.0. The summed E-state index contributed by atoms with van der Waals surface area (Å²) in [5.41, 5.74) is 3.28. The number of fused-ring (bicyclic) bond motifs is 1. The molecule has 0 radical (unpaired) electrons. The van der Waals surface area contributed by atoms with Gasteiger partial charge in [0.05, 0.1) is 27.9 Å². The van der Waals surface area contributed by atoms with Crippen molar-refractivity contribution in [2.75, 3.05) is 32.7 Å². The number of benzene rings is 1. The molecule has 0 saturated carbocycles. The van der Waals surface area contributed by atoms with E-state index in [9.17, 15) is 9.59 Å². The molecule has 36 heavy (non-hydrogen) atoms. The first-order chi connectivity index (χ1) is 17.4. The van der Waals surface area contributed by atoms with Gasteiger partial charge in [0, 0.05) is 37.6 Å². The highest BCUT2D eigenvalue weighted by molar-refractivity contribution is 7.13. The summed E-state index contributed by atoms with van der Waals surface area (Å²) in [6.07, 6.45) is 2.37. The highest BCUT2D eigenvalue weighted by atomic mass is 32.1. The standard InChI is InChI=1S/C28H33N5O2S/c1-18-9-10-25(36-18)27(34)31-24(21-7-5-4-6-8-21)11-12-32-13-22-15-33(16-23(22)14-32)28(35)26-19(2)29-17-30-20(26)3/h4-10,17,22-24H,11-16H2,1-3H3,(H,31,34)/t22?,23?,24-/m0/s1. The fourth-order valence-corrected chi connectivity index (χ4v) is 6.38. The van der Waals surface area contributed by atoms with Crippen molar-refractivity contribution in [3.05, 3.63) is 81.1 Å². The third kappa shape index (κ3) is 5.20. The molecule has 2 amide bonds. The third-order valence-corrected chi connectivity index (χ3v) is 8.49. The Morgan fingerprint density at radius 2 is 1.64 bits per heavy atom. The summed E-state index contributed by atoms with van der Waals surface area (Å²) >= 11 is 1.53. The van der Waals surface area contributed by atoms with Gasteiger partial charge in [-0.15, -0.1) is 11.3 Å². The van der Waals surface area contributed by atoms with Crippen molar-refractivity contribution in [1.82, 2.24) is 25.1 Å². The molecule has 3 atom stereocenters. The van der Waals surface area contributed by atoms with Crippen LogP contribution in [0.1, 0.15) is 54.3 Å². The Kier molecular flexibility index (Phi) is 7.16. The van der Waals surface area contributed by atoms with Crippen molar-refractivity contribution in [3.8, 4) is 0 Å². The molecule has 1 aromatic carbocycles. The Hall–Kier alpha value is -3.10. The van der Waals surface area contributed by atoms with E-state index in [1.165, 1.54) is 17.7 Å². The number of likely N-dealkylation sites (tertiary alicyclic amines) is 2. The van der Waals surface area contributed by atoms with Crippen molar-refractivity contribution in [2.45, 2.75) is 33.2 Å². The summed E-state index contributed by atoms with van der Waals surface area (Å²) in [5, 5.41) is 3.27. The largest absolute Gasteiger partial charge is 0.344 e. The second-order valence-corrected chi connectivity index (χ2v) is 11.3. The fraction of sp³-hybridized carbons (Fsp3) is 0.429. The van der Waals surface area contributed by atoms with E-state index in [0.29, 0.717) is 17.4 Å². The SMILES string of the molecule is Cc1ccc(C(=O)N[C@@H](CCN2CC3CN(C(=O)c4c(C)ncnc4C)CC3C2)c2ccccc2)s1. The molecule has 2 fully saturated rings. The number of nitrogens with one attached hydrogen (secondary N) is 1.